The minimum absolute atomic E-state index is 0.218. The predicted molar refractivity (Wildman–Crippen MR) is 81.2 cm³/mol. The van der Waals surface area contributed by atoms with E-state index in [1.165, 1.54) is 21.3 Å². The van der Waals surface area contributed by atoms with Gasteiger partial charge in [-0.15, -0.1) is 11.3 Å². The van der Waals surface area contributed by atoms with E-state index in [2.05, 4.69) is 68.1 Å². The summed E-state index contributed by atoms with van der Waals surface area (Å²) in [6.45, 7) is 0. The smallest absolute Gasteiger partial charge is 0.0701 e. The quantitative estimate of drug-likeness (QED) is 0.739. The molecule has 3 rings (SSSR count). The number of H-pyrrole nitrogens is 1. The molecule has 1 aromatic carbocycles. The summed E-state index contributed by atoms with van der Waals surface area (Å²) in [6.07, 6.45) is 2.10. The number of hydrogen-bond acceptors (Lipinski definition) is 2. The highest BCUT2D eigenvalue weighted by atomic mass is 79.9. The zero-order valence-corrected chi connectivity index (χ0v) is 12.3. The average molecular weight is 321 g/mol. The zero-order valence-electron chi connectivity index (χ0n) is 9.91. The molecule has 0 aliphatic rings. The highest BCUT2D eigenvalue weighted by Crippen LogP contribution is 2.35. The third-order valence-corrected chi connectivity index (χ3v) is 5.06. The maximum atomic E-state index is 3.62. The van der Waals surface area contributed by atoms with Gasteiger partial charge in [-0.2, -0.15) is 0 Å². The van der Waals surface area contributed by atoms with Crippen LogP contribution in [0.3, 0.4) is 0 Å². The first-order valence-electron chi connectivity index (χ1n) is 5.77. The van der Waals surface area contributed by atoms with Gasteiger partial charge in [-0.3, -0.25) is 0 Å². The van der Waals surface area contributed by atoms with Crippen LogP contribution in [0, 0.1) is 0 Å². The number of para-hydroxylation sites is 1. The van der Waals surface area contributed by atoms with Gasteiger partial charge >= 0.3 is 0 Å². The number of rotatable bonds is 3. The number of nitrogens with one attached hydrogen (secondary N) is 2. The first-order chi connectivity index (χ1) is 8.81. The van der Waals surface area contributed by atoms with E-state index >= 15 is 0 Å². The van der Waals surface area contributed by atoms with Crippen molar-refractivity contribution in [2.24, 2.45) is 0 Å². The van der Waals surface area contributed by atoms with Crippen LogP contribution in [0.2, 0.25) is 0 Å². The van der Waals surface area contributed by atoms with Gasteiger partial charge in [0, 0.05) is 26.4 Å². The number of halogens is 1. The van der Waals surface area contributed by atoms with Gasteiger partial charge in [-0.25, -0.2) is 0 Å². The lowest BCUT2D eigenvalue weighted by Gasteiger charge is -2.14. The first kappa shape index (κ1) is 12.0. The Hall–Kier alpha value is -1.10. The Kier molecular flexibility index (Phi) is 3.24. The van der Waals surface area contributed by atoms with Gasteiger partial charge in [-0.05, 0) is 46.1 Å². The van der Waals surface area contributed by atoms with E-state index in [0.29, 0.717) is 0 Å². The number of benzene rings is 1. The van der Waals surface area contributed by atoms with Crippen LogP contribution >= 0.6 is 27.3 Å². The number of aromatic nitrogens is 1. The summed E-state index contributed by atoms with van der Waals surface area (Å²) in [4.78, 5) is 4.64. The lowest BCUT2D eigenvalue weighted by Crippen LogP contribution is -2.16. The van der Waals surface area contributed by atoms with Crippen molar-refractivity contribution in [3.63, 3.8) is 0 Å². The second kappa shape index (κ2) is 4.88. The van der Waals surface area contributed by atoms with Crippen molar-refractivity contribution >= 4 is 38.2 Å². The number of hydrogen-bond donors (Lipinski definition) is 2. The van der Waals surface area contributed by atoms with Crippen LogP contribution in [0.4, 0.5) is 0 Å². The lowest BCUT2D eigenvalue weighted by atomic mass is 10.0. The molecule has 2 heterocycles. The average Bonchev–Trinajstić information content (AvgIpc) is 2.99. The van der Waals surface area contributed by atoms with E-state index in [1.54, 1.807) is 11.3 Å². The molecular formula is C14H13BrN2S. The summed E-state index contributed by atoms with van der Waals surface area (Å²) in [5, 5.41) is 6.79. The topological polar surface area (TPSA) is 27.8 Å². The largest absolute Gasteiger partial charge is 0.361 e. The zero-order chi connectivity index (χ0) is 12.5. The van der Waals surface area contributed by atoms with Crippen molar-refractivity contribution in [1.29, 1.82) is 0 Å². The molecule has 0 aliphatic heterocycles. The van der Waals surface area contributed by atoms with E-state index in [1.807, 2.05) is 7.05 Å². The Morgan fingerprint density at radius 2 is 2.11 bits per heavy atom. The summed E-state index contributed by atoms with van der Waals surface area (Å²) >= 11 is 5.38. The Morgan fingerprint density at radius 1 is 1.28 bits per heavy atom. The normalized spacial score (nSPS) is 13.0. The summed E-state index contributed by atoms with van der Waals surface area (Å²) in [5.74, 6) is 0. The second-order valence-corrected chi connectivity index (χ2v) is 5.95. The molecule has 0 amide bonds. The Balaban J connectivity index is 2.15. The van der Waals surface area contributed by atoms with Gasteiger partial charge in [-0.1, -0.05) is 18.2 Å². The molecule has 18 heavy (non-hydrogen) atoms. The monoisotopic (exact) mass is 320 g/mol. The van der Waals surface area contributed by atoms with Crippen LogP contribution in [-0.2, 0) is 0 Å². The highest BCUT2D eigenvalue weighted by molar-refractivity contribution is 9.10. The molecule has 0 spiro atoms. The summed E-state index contributed by atoms with van der Waals surface area (Å²) in [6, 6.07) is 10.7. The fourth-order valence-corrected chi connectivity index (χ4v) is 4.00. The van der Waals surface area contributed by atoms with E-state index in [-0.39, 0.29) is 6.04 Å². The van der Waals surface area contributed by atoms with Crippen LogP contribution in [0.1, 0.15) is 16.5 Å². The molecule has 2 aromatic heterocycles. The van der Waals surface area contributed by atoms with Crippen molar-refractivity contribution in [1.82, 2.24) is 10.3 Å². The second-order valence-electron chi connectivity index (χ2n) is 4.14. The molecule has 3 aromatic rings. The van der Waals surface area contributed by atoms with Gasteiger partial charge in [0.1, 0.15) is 0 Å². The van der Waals surface area contributed by atoms with Crippen LogP contribution in [0.25, 0.3) is 10.9 Å². The minimum Gasteiger partial charge on any atom is -0.361 e. The summed E-state index contributed by atoms with van der Waals surface area (Å²) < 4.78 is 1.16. The van der Waals surface area contributed by atoms with Crippen molar-refractivity contribution < 1.29 is 0 Å². The van der Waals surface area contributed by atoms with E-state index < -0.39 is 0 Å². The molecule has 0 saturated carbocycles. The fourth-order valence-electron chi connectivity index (χ4n) is 2.27. The molecule has 0 fully saturated rings. The molecule has 4 heteroatoms. The SMILES string of the molecule is CNC(c1sccc1Br)c1c[nH]c2ccccc12. The Morgan fingerprint density at radius 3 is 2.83 bits per heavy atom. The first-order valence-corrected chi connectivity index (χ1v) is 7.44. The van der Waals surface area contributed by atoms with Crippen LogP contribution < -0.4 is 5.32 Å². The molecule has 0 bridgehead atoms. The van der Waals surface area contributed by atoms with Gasteiger partial charge in [0.05, 0.1) is 6.04 Å². The summed E-state index contributed by atoms with van der Waals surface area (Å²) in [7, 11) is 2.00. The molecule has 92 valence electrons. The standard InChI is InChI=1S/C14H13BrN2S/c1-16-13(14-11(15)6-7-18-14)10-8-17-12-5-3-2-4-9(10)12/h2-8,13,16-17H,1H3. The van der Waals surface area contributed by atoms with E-state index in [4.69, 9.17) is 0 Å². The predicted octanol–water partition coefficient (Wildman–Crippen LogP) is 4.30. The molecule has 0 radical (unpaired) electrons. The van der Waals surface area contributed by atoms with Gasteiger partial charge in [0.25, 0.3) is 0 Å². The molecule has 0 aliphatic carbocycles. The Labute approximate surface area is 118 Å². The fraction of sp³-hybridized carbons (Fsp3) is 0.143. The Bertz CT molecular complexity index is 671. The maximum absolute atomic E-state index is 3.62. The minimum atomic E-state index is 0.218. The third-order valence-electron chi connectivity index (χ3n) is 3.13. The highest BCUT2D eigenvalue weighted by Gasteiger charge is 2.19. The van der Waals surface area contributed by atoms with Crippen LogP contribution in [0.15, 0.2) is 46.4 Å². The van der Waals surface area contributed by atoms with E-state index in [0.717, 1.165) is 4.47 Å². The van der Waals surface area contributed by atoms with Crippen LogP contribution in [-0.4, -0.2) is 12.0 Å². The van der Waals surface area contributed by atoms with Crippen LogP contribution in [0.5, 0.6) is 0 Å². The molecular weight excluding hydrogens is 308 g/mol. The van der Waals surface area contributed by atoms with Gasteiger partial charge in [0.2, 0.25) is 0 Å². The maximum Gasteiger partial charge on any atom is 0.0701 e. The van der Waals surface area contributed by atoms with Crippen molar-refractivity contribution in [2.45, 2.75) is 6.04 Å². The molecule has 2 nitrogen and oxygen atoms in total. The lowest BCUT2D eigenvalue weighted by molar-refractivity contribution is 0.706. The van der Waals surface area contributed by atoms with Crippen molar-refractivity contribution in [3.05, 3.63) is 56.8 Å². The molecule has 1 atom stereocenters. The van der Waals surface area contributed by atoms with Gasteiger partial charge < -0.3 is 10.3 Å². The number of fused-ring (bicyclic) bond motifs is 1. The van der Waals surface area contributed by atoms with Gasteiger partial charge in [0.15, 0.2) is 0 Å². The molecule has 2 N–H and O–H groups in total. The van der Waals surface area contributed by atoms with Crippen molar-refractivity contribution in [3.8, 4) is 0 Å². The number of aromatic amines is 1. The van der Waals surface area contributed by atoms with E-state index in [9.17, 15) is 0 Å². The number of thiophene rings is 1. The molecule has 1 unspecified atom stereocenters. The summed E-state index contributed by atoms with van der Waals surface area (Å²) in [5.41, 5.74) is 2.47. The molecule has 0 saturated heterocycles. The third kappa shape index (κ3) is 1.90. The van der Waals surface area contributed by atoms with Crippen molar-refractivity contribution in [2.75, 3.05) is 7.05 Å².